The monoisotopic (exact) mass is 286 g/mol. The van der Waals surface area contributed by atoms with Crippen LogP contribution in [0.15, 0.2) is 53.4 Å². The third kappa shape index (κ3) is 2.30. The molecule has 4 heteroatoms. The highest BCUT2D eigenvalue weighted by Crippen LogP contribution is 2.44. The molecule has 0 aromatic heterocycles. The summed E-state index contributed by atoms with van der Waals surface area (Å²) in [4.78, 5) is 1.11. The summed E-state index contributed by atoms with van der Waals surface area (Å²) in [6.07, 6.45) is 0. The normalized spacial score (nSPS) is 21.1. The molecule has 0 radical (unpaired) electrons. The summed E-state index contributed by atoms with van der Waals surface area (Å²) >= 11 is 7.83. The summed E-state index contributed by atoms with van der Waals surface area (Å²) in [5.74, 6) is 0. The fourth-order valence-corrected chi connectivity index (χ4v) is 3.55. The van der Waals surface area contributed by atoms with E-state index in [-0.39, 0.29) is 11.3 Å². The number of para-hydroxylation sites is 1. The largest absolute Gasteiger partial charge is 0.375 e. The molecule has 2 unspecified atom stereocenters. The first-order valence-electron chi connectivity index (χ1n) is 5.96. The number of thioether (sulfide) groups is 1. The number of hydrogen-bond acceptors (Lipinski definition) is 3. The molecule has 1 aliphatic heterocycles. The quantitative estimate of drug-likeness (QED) is 0.839. The van der Waals surface area contributed by atoms with Gasteiger partial charge >= 0.3 is 0 Å². The zero-order chi connectivity index (χ0) is 13.2. The van der Waals surface area contributed by atoms with Crippen molar-refractivity contribution in [1.29, 1.82) is 5.26 Å². The first-order chi connectivity index (χ1) is 9.29. The van der Waals surface area contributed by atoms with Gasteiger partial charge in [0, 0.05) is 15.6 Å². The van der Waals surface area contributed by atoms with Gasteiger partial charge in [0.2, 0.25) is 0 Å². The van der Waals surface area contributed by atoms with Crippen LogP contribution in [0.1, 0.15) is 11.6 Å². The standard InChI is InChI=1S/C15H11ClN2S/c16-11-6-2-1-5-10(11)15-14(9-17)19-13-8-4-3-7-12(13)18-15/h1-8,14-15,18H. The number of halogens is 1. The molecule has 2 aromatic carbocycles. The van der Waals surface area contributed by atoms with Gasteiger partial charge in [-0.25, -0.2) is 0 Å². The lowest BCUT2D eigenvalue weighted by Gasteiger charge is -2.31. The minimum absolute atomic E-state index is 0.0846. The number of benzene rings is 2. The molecule has 0 spiro atoms. The SMILES string of the molecule is N#CC1Sc2ccccc2NC1c1ccccc1Cl. The topological polar surface area (TPSA) is 35.8 Å². The first-order valence-corrected chi connectivity index (χ1v) is 7.21. The van der Waals surface area contributed by atoms with Gasteiger partial charge in [0.1, 0.15) is 5.25 Å². The second kappa shape index (κ2) is 5.16. The second-order valence-electron chi connectivity index (χ2n) is 4.31. The minimum atomic E-state index is -0.185. The number of nitriles is 1. The first kappa shape index (κ1) is 12.4. The van der Waals surface area contributed by atoms with E-state index in [4.69, 9.17) is 11.6 Å². The van der Waals surface area contributed by atoms with Crippen molar-refractivity contribution in [1.82, 2.24) is 0 Å². The predicted octanol–water partition coefficient (Wildman–Crippen LogP) is 4.49. The summed E-state index contributed by atoms with van der Waals surface area (Å²) in [5, 5.41) is 13.3. The van der Waals surface area contributed by atoms with Crippen molar-refractivity contribution < 1.29 is 0 Å². The van der Waals surface area contributed by atoms with Gasteiger partial charge < -0.3 is 5.32 Å². The number of nitrogens with one attached hydrogen (secondary N) is 1. The molecule has 0 saturated heterocycles. The molecule has 0 aliphatic carbocycles. The predicted molar refractivity (Wildman–Crippen MR) is 79.5 cm³/mol. The molecule has 0 fully saturated rings. The maximum Gasteiger partial charge on any atom is 0.121 e. The lowest BCUT2D eigenvalue weighted by atomic mass is 10.0. The molecule has 0 saturated carbocycles. The van der Waals surface area contributed by atoms with E-state index >= 15 is 0 Å². The van der Waals surface area contributed by atoms with Crippen LogP contribution in [0, 0.1) is 11.3 Å². The molecular formula is C15H11ClN2S. The second-order valence-corrected chi connectivity index (χ2v) is 5.90. The van der Waals surface area contributed by atoms with Crippen LogP contribution in [0.5, 0.6) is 0 Å². The van der Waals surface area contributed by atoms with Gasteiger partial charge in [0.25, 0.3) is 0 Å². The Morgan fingerprint density at radius 2 is 1.84 bits per heavy atom. The third-order valence-corrected chi connectivity index (χ3v) is 4.71. The van der Waals surface area contributed by atoms with Crippen LogP contribution in [0.2, 0.25) is 5.02 Å². The number of hydrogen-bond donors (Lipinski definition) is 1. The molecule has 2 nitrogen and oxygen atoms in total. The lowest BCUT2D eigenvalue weighted by Crippen LogP contribution is -2.26. The Hall–Kier alpha value is -1.63. The molecule has 94 valence electrons. The average Bonchev–Trinajstić information content (AvgIpc) is 2.46. The maximum atomic E-state index is 9.39. The van der Waals surface area contributed by atoms with Crippen molar-refractivity contribution in [3.8, 4) is 6.07 Å². The third-order valence-electron chi connectivity index (χ3n) is 3.12. The highest BCUT2D eigenvalue weighted by Gasteiger charge is 2.30. The van der Waals surface area contributed by atoms with E-state index in [1.54, 1.807) is 11.8 Å². The lowest BCUT2D eigenvalue weighted by molar-refractivity contribution is 0.805. The Morgan fingerprint density at radius 1 is 1.11 bits per heavy atom. The van der Waals surface area contributed by atoms with Crippen LogP contribution >= 0.6 is 23.4 Å². The van der Waals surface area contributed by atoms with E-state index < -0.39 is 0 Å². The van der Waals surface area contributed by atoms with Crippen LogP contribution < -0.4 is 5.32 Å². The minimum Gasteiger partial charge on any atom is -0.375 e. The smallest absolute Gasteiger partial charge is 0.121 e. The Labute approximate surface area is 121 Å². The zero-order valence-electron chi connectivity index (χ0n) is 10.0. The van der Waals surface area contributed by atoms with Crippen molar-refractivity contribution in [3.05, 3.63) is 59.1 Å². The fourth-order valence-electron chi connectivity index (χ4n) is 2.21. The molecule has 2 atom stereocenters. The summed E-state index contributed by atoms with van der Waals surface area (Å²) in [7, 11) is 0. The van der Waals surface area contributed by atoms with E-state index in [0.717, 1.165) is 16.1 Å². The van der Waals surface area contributed by atoms with E-state index in [1.165, 1.54) is 0 Å². The Bertz CT molecular complexity index is 651. The summed E-state index contributed by atoms with van der Waals surface area (Å²) in [5.41, 5.74) is 2.03. The highest BCUT2D eigenvalue weighted by atomic mass is 35.5. The summed E-state index contributed by atoms with van der Waals surface area (Å²) < 4.78 is 0. The van der Waals surface area contributed by atoms with Crippen LogP contribution in [0.25, 0.3) is 0 Å². The van der Waals surface area contributed by atoms with Crippen LogP contribution in [0.4, 0.5) is 5.69 Å². The fraction of sp³-hybridized carbons (Fsp3) is 0.133. The van der Waals surface area contributed by atoms with Crippen molar-refractivity contribution in [2.75, 3.05) is 5.32 Å². The Morgan fingerprint density at radius 3 is 2.63 bits per heavy atom. The van der Waals surface area contributed by atoms with Gasteiger partial charge in [-0.3, -0.25) is 0 Å². The molecule has 0 amide bonds. The van der Waals surface area contributed by atoms with E-state index in [1.807, 2.05) is 48.5 Å². The molecule has 19 heavy (non-hydrogen) atoms. The van der Waals surface area contributed by atoms with Crippen LogP contribution in [-0.2, 0) is 0 Å². The number of rotatable bonds is 1. The van der Waals surface area contributed by atoms with Crippen molar-refractivity contribution in [2.24, 2.45) is 0 Å². The van der Waals surface area contributed by atoms with Gasteiger partial charge in [-0.2, -0.15) is 5.26 Å². The summed E-state index contributed by atoms with van der Waals surface area (Å²) in [6.45, 7) is 0. The summed E-state index contributed by atoms with van der Waals surface area (Å²) in [6, 6.07) is 18.0. The van der Waals surface area contributed by atoms with Crippen LogP contribution in [0.3, 0.4) is 0 Å². The van der Waals surface area contributed by atoms with Gasteiger partial charge in [-0.1, -0.05) is 41.9 Å². The van der Waals surface area contributed by atoms with Crippen molar-refractivity contribution >= 4 is 29.1 Å². The number of anilines is 1. The molecule has 2 aromatic rings. The van der Waals surface area contributed by atoms with Gasteiger partial charge in [0.15, 0.2) is 0 Å². The maximum absolute atomic E-state index is 9.39. The van der Waals surface area contributed by atoms with Gasteiger partial charge in [-0.15, -0.1) is 11.8 Å². The number of nitrogens with zero attached hydrogens (tertiary/aromatic N) is 1. The molecule has 1 heterocycles. The van der Waals surface area contributed by atoms with Gasteiger partial charge in [-0.05, 0) is 23.8 Å². The Balaban J connectivity index is 2.03. The molecule has 0 bridgehead atoms. The van der Waals surface area contributed by atoms with Gasteiger partial charge in [0.05, 0.1) is 12.1 Å². The van der Waals surface area contributed by atoms with Crippen LogP contribution in [-0.4, -0.2) is 5.25 Å². The molecule has 1 aliphatic rings. The molecule has 3 rings (SSSR count). The van der Waals surface area contributed by atoms with Crippen molar-refractivity contribution in [2.45, 2.75) is 16.2 Å². The number of fused-ring (bicyclic) bond motifs is 1. The average molecular weight is 287 g/mol. The van der Waals surface area contributed by atoms with E-state index in [0.29, 0.717) is 5.02 Å². The molecular weight excluding hydrogens is 276 g/mol. The molecule has 1 N–H and O–H groups in total. The zero-order valence-corrected chi connectivity index (χ0v) is 11.6. The van der Waals surface area contributed by atoms with E-state index in [2.05, 4.69) is 11.4 Å². The Kier molecular flexibility index (Phi) is 3.37. The van der Waals surface area contributed by atoms with Crippen molar-refractivity contribution in [3.63, 3.8) is 0 Å². The van der Waals surface area contributed by atoms with E-state index in [9.17, 15) is 5.26 Å². The highest BCUT2D eigenvalue weighted by molar-refractivity contribution is 8.00.